The third-order valence-electron chi connectivity index (χ3n) is 9.66. The highest BCUT2D eigenvalue weighted by atomic mass is 16.3. The van der Waals surface area contributed by atoms with E-state index in [1.54, 1.807) is 0 Å². The highest BCUT2D eigenvalue weighted by molar-refractivity contribution is 6.22. The van der Waals surface area contributed by atoms with Crippen molar-refractivity contribution in [1.82, 2.24) is 0 Å². The molecule has 0 aliphatic rings. The van der Waals surface area contributed by atoms with E-state index in [0.717, 1.165) is 82.8 Å². The van der Waals surface area contributed by atoms with Crippen molar-refractivity contribution in [3.05, 3.63) is 176 Å². The quantitative estimate of drug-likeness (QED) is 0.190. The Hall–Kier alpha value is -6.58. The number of para-hydroxylation sites is 3. The number of fused-ring (bicyclic) bond motifs is 8. The number of rotatable bonds is 5. The fourth-order valence-corrected chi connectivity index (χ4v) is 7.48. The minimum atomic E-state index is 0.863. The number of hydrogen-bond donors (Lipinski definition) is 0. The van der Waals surface area contributed by atoms with Crippen LogP contribution in [-0.4, -0.2) is 0 Å². The van der Waals surface area contributed by atoms with Crippen LogP contribution in [0, 0.1) is 0 Å². The zero-order chi connectivity index (χ0) is 32.3. The molecule has 0 aliphatic carbocycles. The lowest BCUT2D eigenvalue weighted by atomic mass is 9.93. The molecule has 0 N–H and O–H groups in total. The summed E-state index contributed by atoms with van der Waals surface area (Å²) < 4.78 is 12.9. The van der Waals surface area contributed by atoms with E-state index in [4.69, 9.17) is 8.83 Å². The predicted octanol–water partition coefficient (Wildman–Crippen LogP) is 13.4. The van der Waals surface area contributed by atoms with Crippen LogP contribution in [0.3, 0.4) is 0 Å². The summed E-state index contributed by atoms with van der Waals surface area (Å²) >= 11 is 0. The molecule has 0 atom stereocenters. The summed E-state index contributed by atoms with van der Waals surface area (Å²) in [6, 6.07) is 61.9. The lowest BCUT2D eigenvalue weighted by molar-refractivity contribution is 0.669. The van der Waals surface area contributed by atoms with Crippen molar-refractivity contribution < 1.29 is 8.83 Å². The summed E-state index contributed by atoms with van der Waals surface area (Å²) in [5, 5.41) is 6.73. The van der Waals surface area contributed by atoms with Crippen molar-refractivity contribution in [3.63, 3.8) is 0 Å². The molecule has 0 aliphatic heterocycles. The first-order chi connectivity index (χ1) is 24.3. The second kappa shape index (κ2) is 11.0. The monoisotopic (exact) mass is 627 g/mol. The average molecular weight is 628 g/mol. The maximum Gasteiger partial charge on any atom is 0.143 e. The number of benzene rings is 8. The Balaban J connectivity index is 1.18. The molecule has 8 aromatic carbocycles. The summed E-state index contributed by atoms with van der Waals surface area (Å²) in [5.74, 6) is 0. The molecule has 0 spiro atoms. The number of nitrogens with zero attached hydrogens (tertiary/aromatic N) is 1. The van der Waals surface area contributed by atoms with Gasteiger partial charge in [0, 0.05) is 32.9 Å². The Bertz CT molecular complexity index is 2770. The van der Waals surface area contributed by atoms with Crippen LogP contribution in [0.25, 0.3) is 76.9 Å². The molecule has 3 heteroatoms. The van der Waals surface area contributed by atoms with Crippen LogP contribution in [0.15, 0.2) is 185 Å². The highest BCUT2D eigenvalue weighted by Gasteiger charge is 2.21. The molecular weight excluding hydrogens is 599 g/mol. The van der Waals surface area contributed by atoms with Crippen LogP contribution in [0.2, 0.25) is 0 Å². The molecule has 0 saturated heterocycles. The Morgan fingerprint density at radius 2 is 0.898 bits per heavy atom. The molecule has 0 fully saturated rings. The van der Waals surface area contributed by atoms with Gasteiger partial charge in [-0.1, -0.05) is 121 Å². The van der Waals surface area contributed by atoms with Crippen molar-refractivity contribution in [2.24, 2.45) is 0 Å². The van der Waals surface area contributed by atoms with E-state index in [1.807, 2.05) is 12.1 Å². The standard InChI is InChI=1S/C46H29NO2/c1-3-13-32(14-4-1)47(33-15-5-2-6-16-33)40-21-12-24-43-45(40)39-29-38(35-17-7-8-18-36(35)46(39)49-43)31-27-25-30(26-28-31)34-20-11-23-42-44(34)37-19-9-10-22-41(37)48-42/h1-29H. The number of anilines is 3. The lowest BCUT2D eigenvalue weighted by Crippen LogP contribution is -2.09. The zero-order valence-electron chi connectivity index (χ0n) is 26.5. The van der Waals surface area contributed by atoms with E-state index in [9.17, 15) is 0 Å². The molecule has 0 amide bonds. The molecule has 10 rings (SSSR count). The number of hydrogen-bond acceptors (Lipinski definition) is 3. The Morgan fingerprint density at radius 3 is 1.61 bits per heavy atom. The molecular formula is C46H29NO2. The van der Waals surface area contributed by atoms with Crippen molar-refractivity contribution >= 4 is 71.7 Å². The van der Waals surface area contributed by atoms with Crippen molar-refractivity contribution in [2.45, 2.75) is 0 Å². The largest absolute Gasteiger partial charge is 0.456 e. The van der Waals surface area contributed by atoms with Crippen LogP contribution in [-0.2, 0) is 0 Å². The minimum Gasteiger partial charge on any atom is -0.456 e. The summed E-state index contributed by atoms with van der Waals surface area (Å²) in [4.78, 5) is 2.32. The fraction of sp³-hybridized carbons (Fsp3) is 0. The number of furan rings is 2. The zero-order valence-corrected chi connectivity index (χ0v) is 26.5. The van der Waals surface area contributed by atoms with E-state index in [2.05, 4.69) is 169 Å². The SMILES string of the molecule is c1ccc(N(c2ccccc2)c2cccc3oc4c5ccccc5c(-c5ccc(-c6cccc7oc8ccccc8c67)cc5)cc4c23)cc1. The van der Waals surface area contributed by atoms with Gasteiger partial charge in [0.25, 0.3) is 0 Å². The van der Waals surface area contributed by atoms with Gasteiger partial charge in [-0.05, 0) is 82.2 Å². The molecule has 0 radical (unpaired) electrons. The third kappa shape index (κ3) is 4.37. The lowest BCUT2D eigenvalue weighted by Gasteiger charge is -2.26. The minimum absolute atomic E-state index is 0.863. The van der Waals surface area contributed by atoms with Crippen LogP contribution in [0.5, 0.6) is 0 Å². The molecule has 2 heterocycles. The van der Waals surface area contributed by atoms with Gasteiger partial charge < -0.3 is 13.7 Å². The van der Waals surface area contributed by atoms with E-state index < -0.39 is 0 Å². The molecule has 49 heavy (non-hydrogen) atoms. The van der Waals surface area contributed by atoms with Crippen LogP contribution < -0.4 is 4.90 Å². The summed E-state index contributed by atoms with van der Waals surface area (Å²) in [5.41, 5.74) is 11.5. The molecule has 2 aromatic heterocycles. The Morgan fingerprint density at radius 1 is 0.347 bits per heavy atom. The molecule has 3 nitrogen and oxygen atoms in total. The first-order valence-electron chi connectivity index (χ1n) is 16.6. The van der Waals surface area contributed by atoms with Gasteiger partial charge in [-0.3, -0.25) is 0 Å². The van der Waals surface area contributed by atoms with Crippen molar-refractivity contribution in [1.29, 1.82) is 0 Å². The van der Waals surface area contributed by atoms with Crippen molar-refractivity contribution in [3.8, 4) is 22.3 Å². The first kappa shape index (κ1) is 27.5. The highest BCUT2D eigenvalue weighted by Crippen LogP contribution is 2.46. The fourth-order valence-electron chi connectivity index (χ4n) is 7.48. The second-order valence-electron chi connectivity index (χ2n) is 12.5. The van der Waals surface area contributed by atoms with Crippen LogP contribution >= 0.6 is 0 Å². The smallest absolute Gasteiger partial charge is 0.143 e. The maximum absolute atomic E-state index is 6.73. The molecule has 230 valence electrons. The Labute approximate surface area is 282 Å². The first-order valence-corrected chi connectivity index (χ1v) is 16.6. The topological polar surface area (TPSA) is 29.5 Å². The Kier molecular flexibility index (Phi) is 6.18. The van der Waals surface area contributed by atoms with Gasteiger partial charge in [0.15, 0.2) is 0 Å². The van der Waals surface area contributed by atoms with Crippen LogP contribution in [0.1, 0.15) is 0 Å². The molecule has 0 bridgehead atoms. The maximum atomic E-state index is 6.73. The van der Waals surface area contributed by atoms with Crippen molar-refractivity contribution in [2.75, 3.05) is 4.90 Å². The summed E-state index contributed by atoms with van der Waals surface area (Å²) in [7, 11) is 0. The normalized spacial score (nSPS) is 11.7. The van der Waals surface area contributed by atoms with Gasteiger partial charge in [-0.15, -0.1) is 0 Å². The predicted molar refractivity (Wildman–Crippen MR) is 204 cm³/mol. The average Bonchev–Trinajstić information content (AvgIpc) is 3.75. The summed E-state index contributed by atoms with van der Waals surface area (Å²) in [6.45, 7) is 0. The van der Waals surface area contributed by atoms with Gasteiger partial charge in [0.05, 0.1) is 11.1 Å². The van der Waals surface area contributed by atoms with E-state index in [1.165, 1.54) is 11.1 Å². The molecule has 0 unspecified atom stereocenters. The molecule has 10 aromatic rings. The third-order valence-corrected chi connectivity index (χ3v) is 9.66. The van der Waals surface area contributed by atoms with E-state index in [-0.39, 0.29) is 0 Å². The van der Waals surface area contributed by atoms with E-state index in [0.29, 0.717) is 0 Å². The summed E-state index contributed by atoms with van der Waals surface area (Å²) in [6.07, 6.45) is 0. The van der Waals surface area contributed by atoms with Crippen LogP contribution in [0.4, 0.5) is 17.1 Å². The van der Waals surface area contributed by atoms with Gasteiger partial charge >= 0.3 is 0 Å². The molecule has 0 saturated carbocycles. The second-order valence-corrected chi connectivity index (χ2v) is 12.5. The van der Waals surface area contributed by atoms with Gasteiger partial charge in [0.1, 0.15) is 22.3 Å². The van der Waals surface area contributed by atoms with Gasteiger partial charge in [-0.25, -0.2) is 0 Å². The van der Waals surface area contributed by atoms with Gasteiger partial charge in [-0.2, -0.15) is 0 Å². The van der Waals surface area contributed by atoms with E-state index >= 15 is 0 Å². The van der Waals surface area contributed by atoms with Gasteiger partial charge in [0.2, 0.25) is 0 Å².